The van der Waals surface area contributed by atoms with Crippen LogP contribution in [0, 0.1) is 5.92 Å². The normalized spacial score (nSPS) is 12.8. The number of hydrogen-bond donors (Lipinski definition) is 1. The third kappa shape index (κ3) is 10.1. The molecular weight excluding hydrogens is 446 g/mol. The first-order valence-electron chi connectivity index (χ1n) is 11.6. The number of ketones is 1. The maximum Gasteiger partial charge on any atom is 0.343 e. The minimum atomic E-state index is -0.760. The van der Waals surface area contributed by atoms with E-state index >= 15 is 0 Å². The van der Waals surface area contributed by atoms with Crippen LogP contribution in [-0.2, 0) is 41.8 Å². The summed E-state index contributed by atoms with van der Waals surface area (Å²) in [7, 11) is 0. The highest BCUT2D eigenvalue weighted by atomic mass is 16.5. The third-order valence-electron chi connectivity index (χ3n) is 4.96. The average molecular weight is 482 g/mol. The zero-order valence-corrected chi connectivity index (χ0v) is 21.1. The van der Waals surface area contributed by atoms with Crippen LogP contribution in [0.15, 0.2) is 71.9 Å². The molecule has 0 radical (unpaired) electrons. The molecule has 0 heterocycles. The van der Waals surface area contributed by atoms with Crippen molar-refractivity contribution < 1.29 is 28.6 Å². The van der Waals surface area contributed by atoms with Gasteiger partial charge in [-0.3, -0.25) is 9.59 Å². The number of carbonyl (C=O) groups excluding carboxylic acids is 3. The minimum Gasteiger partial charge on any atom is -0.460 e. The molecule has 35 heavy (non-hydrogen) atoms. The van der Waals surface area contributed by atoms with Gasteiger partial charge in [0.1, 0.15) is 25.3 Å². The summed E-state index contributed by atoms with van der Waals surface area (Å²) < 4.78 is 16.6. The quantitative estimate of drug-likeness (QED) is 0.208. The Hall–Kier alpha value is -3.45. The van der Waals surface area contributed by atoms with E-state index in [1.54, 1.807) is 0 Å². The molecule has 1 atom stereocenters. The van der Waals surface area contributed by atoms with Gasteiger partial charge < -0.3 is 19.5 Å². The van der Waals surface area contributed by atoms with Gasteiger partial charge >= 0.3 is 11.9 Å². The van der Waals surface area contributed by atoms with Crippen LogP contribution < -0.4 is 5.32 Å². The predicted molar refractivity (Wildman–Crippen MR) is 133 cm³/mol. The maximum absolute atomic E-state index is 13.0. The smallest absolute Gasteiger partial charge is 0.343 e. The molecule has 0 bridgehead atoms. The molecule has 0 aliphatic rings. The first-order chi connectivity index (χ1) is 16.6. The van der Waals surface area contributed by atoms with E-state index in [0.717, 1.165) is 11.1 Å². The molecule has 2 aromatic rings. The number of ether oxygens (including phenoxy) is 3. The van der Waals surface area contributed by atoms with Crippen molar-refractivity contribution in [2.75, 3.05) is 13.2 Å². The van der Waals surface area contributed by atoms with Crippen molar-refractivity contribution in [3.05, 3.63) is 83.1 Å². The lowest BCUT2D eigenvalue weighted by Gasteiger charge is -2.25. The highest BCUT2D eigenvalue weighted by molar-refractivity contribution is 6.17. The van der Waals surface area contributed by atoms with E-state index in [9.17, 15) is 14.4 Å². The van der Waals surface area contributed by atoms with E-state index in [4.69, 9.17) is 14.2 Å². The molecular formula is C28H35NO6. The highest BCUT2D eigenvalue weighted by Crippen LogP contribution is 2.19. The van der Waals surface area contributed by atoms with Gasteiger partial charge in [-0.25, -0.2) is 4.79 Å². The summed E-state index contributed by atoms with van der Waals surface area (Å²) in [5, 5.41) is 2.96. The van der Waals surface area contributed by atoms with Gasteiger partial charge in [-0.15, -0.1) is 0 Å². The molecule has 0 saturated heterocycles. The molecule has 2 aromatic carbocycles. The Balaban J connectivity index is 2.18. The van der Waals surface area contributed by atoms with Crippen molar-refractivity contribution in [2.45, 2.75) is 53.4 Å². The predicted octanol–water partition coefficient (Wildman–Crippen LogP) is 4.36. The lowest BCUT2D eigenvalue weighted by Crippen LogP contribution is -2.34. The van der Waals surface area contributed by atoms with Crippen molar-refractivity contribution in [1.82, 2.24) is 5.32 Å². The van der Waals surface area contributed by atoms with Crippen molar-refractivity contribution in [2.24, 2.45) is 5.92 Å². The molecule has 1 unspecified atom stereocenters. The number of carbonyl (C=O) groups is 3. The van der Waals surface area contributed by atoms with Crippen LogP contribution in [-0.4, -0.2) is 36.5 Å². The topological polar surface area (TPSA) is 90.9 Å². The second-order valence-electron chi connectivity index (χ2n) is 9.23. The molecule has 0 aromatic heterocycles. The fourth-order valence-electron chi connectivity index (χ4n) is 3.16. The molecule has 0 saturated carbocycles. The van der Waals surface area contributed by atoms with E-state index in [1.165, 1.54) is 6.92 Å². The van der Waals surface area contributed by atoms with E-state index < -0.39 is 23.3 Å². The van der Waals surface area contributed by atoms with Crippen molar-refractivity contribution >= 4 is 17.7 Å². The SMILES string of the molecule is CC(=O)/C(C(=O)OCc1ccccc1)=C(/NCC(=O)OCc1ccccc1)C(C)COC(C)(C)C. The molecule has 1 N–H and O–H groups in total. The first-order valence-corrected chi connectivity index (χ1v) is 11.6. The van der Waals surface area contributed by atoms with Gasteiger partial charge in [0.15, 0.2) is 5.78 Å². The Morgan fingerprint density at radius 1 is 0.857 bits per heavy atom. The molecule has 0 spiro atoms. The fourth-order valence-corrected chi connectivity index (χ4v) is 3.16. The van der Waals surface area contributed by atoms with Crippen molar-refractivity contribution in [3.8, 4) is 0 Å². The standard InChI is InChI=1S/C28H35NO6/c1-20(17-35-28(3,4)5)26(29-16-24(31)33-18-22-12-8-6-9-13-22)25(21(2)30)27(32)34-19-23-14-10-7-11-15-23/h6-15,20,29H,16-19H2,1-5H3/b26-25-. The van der Waals surface area contributed by atoms with Crippen LogP contribution in [0.5, 0.6) is 0 Å². The lowest BCUT2D eigenvalue weighted by molar-refractivity contribution is -0.144. The Labute approximate surface area is 207 Å². The monoisotopic (exact) mass is 481 g/mol. The summed E-state index contributed by atoms with van der Waals surface area (Å²) in [5.41, 5.74) is 1.39. The first kappa shape index (κ1) is 27.8. The van der Waals surface area contributed by atoms with Crippen LogP contribution in [0.25, 0.3) is 0 Å². The summed E-state index contributed by atoms with van der Waals surface area (Å²) in [5.74, 6) is -2.13. The summed E-state index contributed by atoms with van der Waals surface area (Å²) in [4.78, 5) is 37.9. The maximum atomic E-state index is 13.0. The van der Waals surface area contributed by atoms with E-state index in [-0.39, 0.29) is 43.6 Å². The molecule has 188 valence electrons. The zero-order chi connectivity index (χ0) is 25.8. The molecule has 0 fully saturated rings. The summed E-state index contributed by atoms with van der Waals surface area (Å²) in [6.45, 7) is 9.02. The van der Waals surface area contributed by atoms with Gasteiger partial charge in [0.05, 0.1) is 12.2 Å². The average Bonchev–Trinajstić information content (AvgIpc) is 2.82. The van der Waals surface area contributed by atoms with Gasteiger partial charge in [-0.05, 0) is 38.8 Å². The van der Waals surface area contributed by atoms with Crippen LogP contribution >= 0.6 is 0 Å². The second kappa shape index (κ2) is 13.4. The van der Waals surface area contributed by atoms with E-state index in [1.807, 2.05) is 88.4 Å². The molecule has 0 aliphatic heterocycles. The number of hydrogen-bond acceptors (Lipinski definition) is 7. The summed E-state index contributed by atoms with van der Waals surface area (Å²) >= 11 is 0. The lowest BCUT2D eigenvalue weighted by atomic mass is 10.00. The van der Waals surface area contributed by atoms with E-state index in [2.05, 4.69) is 5.32 Å². The van der Waals surface area contributed by atoms with Gasteiger partial charge in [-0.1, -0.05) is 67.6 Å². The van der Waals surface area contributed by atoms with E-state index in [0.29, 0.717) is 0 Å². The largest absolute Gasteiger partial charge is 0.460 e. The van der Waals surface area contributed by atoms with Gasteiger partial charge in [0, 0.05) is 11.6 Å². The molecule has 0 amide bonds. The summed E-state index contributed by atoms with van der Waals surface area (Å²) in [6.07, 6.45) is 0. The number of nitrogens with one attached hydrogen (secondary N) is 1. The van der Waals surface area contributed by atoms with Crippen molar-refractivity contribution in [1.29, 1.82) is 0 Å². The molecule has 7 nitrogen and oxygen atoms in total. The van der Waals surface area contributed by atoms with Gasteiger partial charge in [0.25, 0.3) is 0 Å². The number of benzene rings is 2. The molecule has 2 rings (SSSR count). The number of esters is 2. The van der Waals surface area contributed by atoms with Gasteiger partial charge in [0.2, 0.25) is 0 Å². The minimum absolute atomic E-state index is 0.0235. The second-order valence-corrected chi connectivity index (χ2v) is 9.23. The Morgan fingerprint density at radius 3 is 1.86 bits per heavy atom. The highest BCUT2D eigenvalue weighted by Gasteiger charge is 2.27. The van der Waals surface area contributed by atoms with Crippen LogP contribution in [0.2, 0.25) is 0 Å². The fraction of sp³-hybridized carbons (Fsp3) is 0.393. The van der Waals surface area contributed by atoms with Crippen LogP contribution in [0.4, 0.5) is 0 Å². The Kier molecular flexibility index (Phi) is 10.7. The Bertz CT molecular complexity index is 1010. The number of Topliss-reactive ketones (excluding diaryl/α,β-unsaturated/α-hetero) is 1. The van der Waals surface area contributed by atoms with Crippen LogP contribution in [0.1, 0.15) is 45.7 Å². The van der Waals surface area contributed by atoms with Crippen LogP contribution in [0.3, 0.4) is 0 Å². The summed E-state index contributed by atoms with van der Waals surface area (Å²) in [6, 6.07) is 18.5. The number of rotatable bonds is 12. The third-order valence-corrected chi connectivity index (χ3v) is 4.96. The molecule has 7 heteroatoms. The van der Waals surface area contributed by atoms with Crippen molar-refractivity contribution in [3.63, 3.8) is 0 Å². The Morgan fingerprint density at radius 2 is 1.37 bits per heavy atom. The zero-order valence-electron chi connectivity index (χ0n) is 21.1. The van der Waals surface area contributed by atoms with Gasteiger partial charge in [-0.2, -0.15) is 0 Å². The molecule has 0 aliphatic carbocycles.